The van der Waals surface area contributed by atoms with Crippen molar-refractivity contribution in [2.45, 2.75) is 20.0 Å². The Labute approximate surface area is 127 Å². The van der Waals surface area contributed by atoms with Gasteiger partial charge in [0, 0.05) is 18.7 Å². The molecule has 0 saturated heterocycles. The average Bonchev–Trinajstić information content (AvgIpc) is 3.19. The molecular formula is C14H16N4O4. The molecule has 0 saturated carbocycles. The van der Waals surface area contributed by atoms with Gasteiger partial charge in [-0.2, -0.15) is 5.10 Å². The molecule has 0 bridgehead atoms. The number of hydrogen-bond donors (Lipinski definition) is 1. The first-order chi connectivity index (χ1) is 10.7. The molecule has 0 spiro atoms. The van der Waals surface area contributed by atoms with Gasteiger partial charge in [-0.3, -0.25) is 4.68 Å². The van der Waals surface area contributed by atoms with Crippen LogP contribution in [0, 0.1) is 0 Å². The zero-order chi connectivity index (χ0) is 15.5. The van der Waals surface area contributed by atoms with Crippen molar-refractivity contribution in [2.24, 2.45) is 0 Å². The quantitative estimate of drug-likeness (QED) is 0.836. The fraction of sp³-hybridized carbons (Fsp3) is 0.357. The van der Waals surface area contributed by atoms with E-state index in [0.29, 0.717) is 35.1 Å². The lowest BCUT2D eigenvalue weighted by atomic mass is 10.1. The number of benzene rings is 1. The van der Waals surface area contributed by atoms with Gasteiger partial charge in [0.1, 0.15) is 6.33 Å². The van der Waals surface area contributed by atoms with Gasteiger partial charge in [0.2, 0.25) is 6.79 Å². The molecule has 1 N–H and O–H groups in total. The summed E-state index contributed by atoms with van der Waals surface area (Å²) >= 11 is 0. The van der Waals surface area contributed by atoms with E-state index in [1.165, 1.54) is 7.11 Å². The molecule has 0 fully saturated rings. The molecule has 0 atom stereocenters. The molecule has 3 rings (SSSR count). The molecule has 0 amide bonds. The van der Waals surface area contributed by atoms with Gasteiger partial charge in [-0.25, -0.2) is 9.78 Å². The first-order valence-corrected chi connectivity index (χ1v) is 6.85. The van der Waals surface area contributed by atoms with Gasteiger partial charge in [-0.05, 0) is 6.92 Å². The number of carbonyl (C=O) groups is 1. The number of nitrogens with zero attached hydrogens (tertiary/aromatic N) is 3. The van der Waals surface area contributed by atoms with Crippen molar-refractivity contribution in [3.63, 3.8) is 0 Å². The molecule has 22 heavy (non-hydrogen) atoms. The molecule has 0 radical (unpaired) electrons. The summed E-state index contributed by atoms with van der Waals surface area (Å²) < 4.78 is 17.1. The van der Waals surface area contributed by atoms with Crippen molar-refractivity contribution >= 4 is 11.7 Å². The predicted molar refractivity (Wildman–Crippen MR) is 76.9 cm³/mol. The van der Waals surface area contributed by atoms with Gasteiger partial charge in [-0.15, -0.1) is 0 Å². The third-order valence-electron chi connectivity index (χ3n) is 3.26. The average molecular weight is 304 g/mol. The van der Waals surface area contributed by atoms with E-state index in [1.54, 1.807) is 23.1 Å². The van der Waals surface area contributed by atoms with Crippen LogP contribution in [0.3, 0.4) is 0 Å². The summed E-state index contributed by atoms with van der Waals surface area (Å²) in [4.78, 5) is 16.1. The second kappa shape index (κ2) is 5.92. The maximum atomic E-state index is 11.9. The summed E-state index contributed by atoms with van der Waals surface area (Å²) in [7, 11) is 1.33. The first kappa shape index (κ1) is 14.2. The summed E-state index contributed by atoms with van der Waals surface area (Å²) in [5, 5.41) is 7.42. The number of fused-ring (bicyclic) bond motifs is 1. The van der Waals surface area contributed by atoms with E-state index in [9.17, 15) is 4.79 Å². The molecule has 2 aromatic rings. The summed E-state index contributed by atoms with van der Waals surface area (Å²) in [6.45, 7) is 3.27. The zero-order valence-corrected chi connectivity index (χ0v) is 12.3. The van der Waals surface area contributed by atoms with E-state index < -0.39 is 5.97 Å². The molecule has 0 aliphatic carbocycles. The Kier molecular flexibility index (Phi) is 3.82. The lowest BCUT2D eigenvalue weighted by Gasteiger charge is -2.10. The molecule has 1 aromatic carbocycles. The molecule has 0 unspecified atom stereocenters. The Morgan fingerprint density at radius 3 is 2.86 bits per heavy atom. The molecule has 8 nitrogen and oxygen atoms in total. The molecule has 1 aromatic heterocycles. The Bertz CT molecular complexity index is 698. The van der Waals surface area contributed by atoms with Crippen LogP contribution in [0.4, 0.5) is 5.69 Å². The van der Waals surface area contributed by atoms with Crippen LogP contribution in [0.5, 0.6) is 11.5 Å². The maximum absolute atomic E-state index is 11.9. The maximum Gasteiger partial charge on any atom is 0.340 e. The molecule has 1 aliphatic rings. The number of anilines is 1. The van der Waals surface area contributed by atoms with Gasteiger partial charge in [0.05, 0.1) is 24.9 Å². The minimum atomic E-state index is -0.451. The third kappa shape index (κ3) is 2.67. The van der Waals surface area contributed by atoms with E-state index >= 15 is 0 Å². The predicted octanol–water partition coefficient (Wildman–Crippen LogP) is 1.43. The molecule has 2 heterocycles. The smallest absolute Gasteiger partial charge is 0.340 e. The van der Waals surface area contributed by atoms with Crippen LogP contribution < -0.4 is 14.8 Å². The van der Waals surface area contributed by atoms with E-state index in [1.807, 2.05) is 6.92 Å². The number of esters is 1. The number of carbonyl (C=O) groups excluding carboxylic acids is 1. The fourth-order valence-electron chi connectivity index (χ4n) is 2.11. The Balaban J connectivity index is 1.83. The monoisotopic (exact) mass is 304 g/mol. The van der Waals surface area contributed by atoms with E-state index in [0.717, 1.165) is 6.54 Å². The highest BCUT2D eigenvalue weighted by Crippen LogP contribution is 2.37. The van der Waals surface area contributed by atoms with E-state index in [2.05, 4.69) is 15.4 Å². The van der Waals surface area contributed by atoms with Crippen LogP contribution in [-0.4, -0.2) is 34.6 Å². The van der Waals surface area contributed by atoms with Crippen LogP contribution in [0.25, 0.3) is 0 Å². The number of rotatable bonds is 5. The first-order valence-electron chi connectivity index (χ1n) is 6.85. The molecular weight excluding hydrogens is 288 g/mol. The number of nitrogens with one attached hydrogen (secondary N) is 1. The highest BCUT2D eigenvalue weighted by atomic mass is 16.7. The highest BCUT2D eigenvalue weighted by Gasteiger charge is 2.21. The van der Waals surface area contributed by atoms with Crippen LogP contribution >= 0.6 is 0 Å². The number of methoxy groups -OCH3 is 1. The third-order valence-corrected chi connectivity index (χ3v) is 3.26. The van der Waals surface area contributed by atoms with Crippen LogP contribution in [-0.2, 0) is 17.8 Å². The Morgan fingerprint density at radius 1 is 1.41 bits per heavy atom. The molecule has 1 aliphatic heterocycles. The second-order valence-electron chi connectivity index (χ2n) is 4.61. The van der Waals surface area contributed by atoms with Gasteiger partial charge in [0.15, 0.2) is 17.3 Å². The van der Waals surface area contributed by atoms with Crippen LogP contribution in [0.15, 0.2) is 18.5 Å². The minimum Gasteiger partial charge on any atom is -0.465 e. The topological polar surface area (TPSA) is 87.5 Å². The number of hydrogen-bond acceptors (Lipinski definition) is 7. The van der Waals surface area contributed by atoms with E-state index in [4.69, 9.17) is 14.2 Å². The van der Waals surface area contributed by atoms with Crippen molar-refractivity contribution in [3.05, 3.63) is 29.8 Å². The van der Waals surface area contributed by atoms with Crippen molar-refractivity contribution in [1.82, 2.24) is 14.8 Å². The summed E-state index contributed by atoms with van der Waals surface area (Å²) in [5.74, 6) is 1.30. The normalized spacial score (nSPS) is 12.3. The van der Waals surface area contributed by atoms with Crippen LogP contribution in [0.2, 0.25) is 0 Å². The van der Waals surface area contributed by atoms with Crippen LogP contribution in [0.1, 0.15) is 23.1 Å². The Hall–Kier alpha value is -2.77. The van der Waals surface area contributed by atoms with Crippen molar-refractivity contribution in [3.8, 4) is 11.5 Å². The number of aromatic nitrogens is 3. The minimum absolute atomic E-state index is 0.141. The molecule has 8 heteroatoms. The molecule has 116 valence electrons. The van der Waals surface area contributed by atoms with Gasteiger partial charge >= 0.3 is 5.97 Å². The number of aryl methyl sites for hydroxylation is 1. The highest BCUT2D eigenvalue weighted by molar-refractivity contribution is 5.96. The van der Waals surface area contributed by atoms with Gasteiger partial charge in [0.25, 0.3) is 0 Å². The largest absolute Gasteiger partial charge is 0.465 e. The van der Waals surface area contributed by atoms with Gasteiger partial charge < -0.3 is 19.5 Å². The SMILES string of the molecule is CCn1cnc(CNc2cc3c(cc2C(=O)OC)OCO3)n1. The lowest BCUT2D eigenvalue weighted by Crippen LogP contribution is -2.09. The fourth-order valence-corrected chi connectivity index (χ4v) is 2.11. The lowest BCUT2D eigenvalue weighted by molar-refractivity contribution is 0.0601. The van der Waals surface area contributed by atoms with Crippen molar-refractivity contribution in [1.29, 1.82) is 0 Å². The van der Waals surface area contributed by atoms with Crippen molar-refractivity contribution in [2.75, 3.05) is 19.2 Å². The standard InChI is InChI=1S/C14H16N4O4/c1-3-18-7-16-13(17-18)6-15-10-5-12-11(21-8-22-12)4-9(10)14(19)20-2/h4-5,7,15H,3,6,8H2,1-2H3. The number of ether oxygens (including phenoxy) is 3. The summed E-state index contributed by atoms with van der Waals surface area (Å²) in [6, 6.07) is 3.32. The summed E-state index contributed by atoms with van der Waals surface area (Å²) in [6.07, 6.45) is 1.66. The zero-order valence-electron chi connectivity index (χ0n) is 12.3. The Morgan fingerprint density at radius 2 is 2.18 bits per heavy atom. The van der Waals surface area contributed by atoms with Gasteiger partial charge in [-0.1, -0.05) is 0 Å². The summed E-state index contributed by atoms with van der Waals surface area (Å²) in [5.41, 5.74) is 0.964. The second-order valence-corrected chi connectivity index (χ2v) is 4.61. The van der Waals surface area contributed by atoms with Crippen molar-refractivity contribution < 1.29 is 19.0 Å². The van der Waals surface area contributed by atoms with E-state index in [-0.39, 0.29) is 6.79 Å².